The maximum atomic E-state index is 14.8. The summed E-state index contributed by atoms with van der Waals surface area (Å²) in [6, 6.07) is 3.60. The van der Waals surface area contributed by atoms with Gasteiger partial charge in [-0.2, -0.15) is 0 Å². The molecule has 2 aromatic heterocycles. The highest BCUT2D eigenvalue weighted by Crippen LogP contribution is 2.37. The third-order valence-corrected chi connectivity index (χ3v) is 5.12. The van der Waals surface area contributed by atoms with Crippen LogP contribution in [0.4, 0.5) is 10.1 Å². The van der Waals surface area contributed by atoms with Gasteiger partial charge in [-0.05, 0) is 25.3 Å². The van der Waals surface area contributed by atoms with Crippen LogP contribution in [0, 0.1) is 5.82 Å². The molecule has 7 heteroatoms. The molecule has 0 bridgehead atoms. The fourth-order valence-corrected chi connectivity index (χ4v) is 3.75. The summed E-state index contributed by atoms with van der Waals surface area (Å²) in [5.74, 6) is -0.285. The number of anilines is 1. The minimum Gasteiger partial charge on any atom is -0.367 e. The number of benzene rings is 1. The van der Waals surface area contributed by atoms with E-state index in [0.717, 1.165) is 31.3 Å². The first-order chi connectivity index (χ1) is 11.6. The average molecular weight is 327 g/mol. The molecule has 0 spiro atoms. The molecule has 0 radical (unpaired) electrons. The van der Waals surface area contributed by atoms with Crippen molar-refractivity contribution in [1.82, 2.24) is 14.0 Å². The molecule has 1 aliphatic carbocycles. The number of nitrogens with zero attached hydrogens (tertiary/aromatic N) is 4. The number of imidazole rings is 1. The van der Waals surface area contributed by atoms with Crippen LogP contribution in [-0.4, -0.2) is 33.1 Å². The monoisotopic (exact) mass is 327 g/mol. The molecule has 1 aliphatic heterocycles. The lowest BCUT2D eigenvalue weighted by Crippen LogP contribution is -2.27. The molecule has 0 unspecified atom stereocenters. The van der Waals surface area contributed by atoms with Crippen LogP contribution in [0.2, 0.25) is 0 Å². The van der Waals surface area contributed by atoms with Crippen molar-refractivity contribution < 1.29 is 4.39 Å². The van der Waals surface area contributed by atoms with Gasteiger partial charge in [0.15, 0.2) is 0 Å². The zero-order valence-corrected chi connectivity index (χ0v) is 13.2. The summed E-state index contributed by atoms with van der Waals surface area (Å²) in [5, 5.41) is 0. The summed E-state index contributed by atoms with van der Waals surface area (Å²) < 4.78 is 18.3. The van der Waals surface area contributed by atoms with E-state index in [0.29, 0.717) is 23.3 Å². The molecule has 124 valence electrons. The van der Waals surface area contributed by atoms with Gasteiger partial charge >= 0.3 is 0 Å². The fourth-order valence-electron chi connectivity index (χ4n) is 3.75. The highest BCUT2D eigenvalue weighted by atomic mass is 19.1. The first kappa shape index (κ1) is 14.0. The number of aromatic nitrogens is 3. The van der Waals surface area contributed by atoms with Crippen LogP contribution >= 0.6 is 0 Å². The second-order valence-corrected chi connectivity index (χ2v) is 6.84. The smallest absolute Gasteiger partial charge is 0.277 e. The third-order valence-electron chi connectivity index (χ3n) is 5.12. The van der Waals surface area contributed by atoms with Crippen LogP contribution in [0.5, 0.6) is 0 Å². The van der Waals surface area contributed by atoms with Crippen molar-refractivity contribution in [3.63, 3.8) is 0 Å². The largest absolute Gasteiger partial charge is 0.367 e. The fraction of sp³-hybridized carbons (Fsp3) is 0.412. The van der Waals surface area contributed by atoms with Crippen LogP contribution < -0.4 is 16.2 Å². The van der Waals surface area contributed by atoms with Crippen molar-refractivity contribution in [2.45, 2.75) is 31.3 Å². The van der Waals surface area contributed by atoms with Crippen molar-refractivity contribution in [1.29, 1.82) is 0 Å². The summed E-state index contributed by atoms with van der Waals surface area (Å²) in [5.41, 5.74) is 8.38. The molecule has 1 aromatic carbocycles. The van der Waals surface area contributed by atoms with Gasteiger partial charge in [0.1, 0.15) is 11.3 Å². The molecule has 3 aromatic rings. The molecule has 1 saturated carbocycles. The molecule has 1 atom stereocenters. The third kappa shape index (κ3) is 1.91. The minimum absolute atomic E-state index is 0.0572. The van der Waals surface area contributed by atoms with Gasteiger partial charge in [-0.3, -0.25) is 9.20 Å². The number of hydrogen-bond acceptors (Lipinski definition) is 4. The first-order valence-electron chi connectivity index (χ1n) is 8.34. The Morgan fingerprint density at radius 2 is 2.00 bits per heavy atom. The van der Waals surface area contributed by atoms with E-state index in [4.69, 9.17) is 5.73 Å². The Labute approximate surface area is 137 Å². The van der Waals surface area contributed by atoms with E-state index < -0.39 is 0 Å². The average Bonchev–Trinajstić information content (AvgIpc) is 3.09. The van der Waals surface area contributed by atoms with Crippen molar-refractivity contribution in [3.8, 4) is 0 Å². The molecule has 3 heterocycles. The Balaban J connectivity index is 1.83. The second-order valence-electron chi connectivity index (χ2n) is 6.84. The predicted molar refractivity (Wildman–Crippen MR) is 90.0 cm³/mol. The molecule has 6 nitrogen and oxygen atoms in total. The van der Waals surface area contributed by atoms with Crippen molar-refractivity contribution in [3.05, 3.63) is 40.8 Å². The first-order valence-corrected chi connectivity index (χ1v) is 8.34. The molecule has 1 saturated heterocycles. The van der Waals surface area contributed by atoms with Gasteiger partial charge < -0.3 is 15.2 Å². The summed E-state index contributed by atoms with van der Waals surface area (Å²) >= 11 is 0. The second kappa shape index (κ2) is 4.80. The summed E-state index contributed by atoms with van der Waals surface area (Å²) in [4.78, 5) is 18.9. The quantitative estimate of drug-likeness (QED) is 0.777. The predicted octanol–water partition coefficient (Wildman–Crippen LogP) is 1.66. The van der Waals surface area contributed by atoms with Crippen LogP contribution in [0.25, 0.3) is 16.6 Å². The van der Waals surface area contributed by atoms with Gasteiger partial charge in [0.05, 0.1) is 29.2 Å². The number of hydrogen-bond donors (Lipinski definition) is 1. The van der Waals surface area contributed by atoms with Crippen molar-refractivity contribution in [2.75, 3.05) is 18.0 Å². The van der Waals surface area contributed by atoms with E-state index in [9.17, 15) is 9.18 Å². The van der Waals surface area contributed by atoms with Crippen LogP contribution in [-0.2, 0) is 0 Å². The standard InChI is InChI=1S/C17H18FN5O/c18-12-5-14-15(6-13(12)21-4-3-10(19)8-21)23(11-1-2-11)17(24)16-7-20-9-22(14)16/h5-7,9-11H,1-4,8,19H2/t10-/m0/s1. The molecule has 5 rings (SSSR count). The normalized spacial score (nSPS) is 21.2. The molecular formula is C17H18FN5O. The Morgan fingerprint density at radius 3 is 2.71 bits per heavy atom. The Morgan fingerprint density at radius 1 is 1.17 bits per heavy atom. The van der Waals surface area contributed by atoms with Crippen molar-refractivity contribution >= 4 is 22.2 Å². The van der Waals surface area contributed by atoms with Crippen LogP contribution in [0.1, 0.15) is 25.3 Å². The van der Waals surface area contributed by atoms with E-state index in [-0.39, 0.29) is 23.5 Å². The van der Waals surface area contributed by atoms with E-state index in [1.165, 1.54) is 6.07 Å². The number of fused-ring (bicyclic) bond motifs is 3. The molecule has 2 fully saturated rings. The number of rotatable bonds is 2. The van der Waals surface area contributed by atoms with E-state index in [1.807, 2.05) is 15.5 Å². The minimum atomic E-state index is -0.285. The molecule has 2 N–H and O–H groups in total. The number of halogens is 1. The topological polar surface area (TPSA) is 68.6 Å². The zero-order chi connectivity index (χ0) is 16.4. The maximum Gasteiger partial charge on any atom is 0.277 e. The van der Waals surface area contributed by atoms with Gasteiger partial charge in [-0.1, -0.05) is 0 Å². The maximum absolute atomic E-state index is 14.8. The highest BCUT2D eigenvalue weighted by Gasteiger charge is 2.29. The lowest BCUT2D eigenvalue weighted by molar-refractivity contribution is 0.622. The lowest BCUT2D eigenvalue weighted by atomic mass is 10.2. The van der Waals surface area contributed by atoms with E-state index in [2.05, 4.69) is 4.98 Å². The zero-order valence-electron chi connectivity index (χ0n) is 13.2. The summed E-state index contributed by atoms with van der Waals surface area (Å²) in [6.45, 7) is 1.38. The van der Waals surface area contributed by atoms with Gasteiger partial charge in [0.2, 0.25) is 0 Å². The summed E-state index contributed by atoms with van der Waals surface area (Å²) in [7, 11) is 0. The Hall–Kier alpha value is -2.41. The van der Waals surface area contributed by atoms with Gasteiger partial charge in [0.25, 0.3) is 5.56 Å². The molecule has 0 amide bonds. The molecule has 24 heavy (non-hydrogen) atoms. The van der Waals surface area contributed by atoms with Crippen LogP contribution in [0.3, 0.4) is 0 Å². The molecular weight excluding hydrogens is 309 g/mol. The SMILES string of the molecule is N[C@H]1CCN(c2cc3c(cc2F)n2cncc2c(=O)n3C2CC2)C1. The Bertz CT molecular complexity index is 1020. The number of nitrogens with two attached hydrogens (primary N) is 1. The molecule has 2 aliphatic rings. The summed E-state index contributed by atoms with van der Waals surface area (Å²) in [6.07, 6.45) is 5.95. The van der Waals surface area contributed by atoms with Gasteiger partial charge in [-0.15, -0.1) is 0 Å². The lowest BCUT2D eigenvalue weighted by Gasteiger charge is -2.21. The van der Waals surface area contributed by atoms with E-state index in [1.54, 1.807) is 16.9 Å². The van der Waals surface area contributed by atoms with Crippen LogP contribution in [0.15, 0.2) is 29.5 Å². The Kier molecular flexibility index (Phi) is 2.79. The van der Waals surface area contributed by atoms with Gasteiger partial charge in [-0.25, -0.2) is 9.37 Å². The van der Waals surface area contributed by atoms with Crippen molar-refractivity contribution in [2.24, 2.45) is 5.73 Å². The van der Waals surface area contributed by atoms with Gasteiger partial charge in [0, 0.05) is 31.2 Å². The highest BCUT2D eigenvalue weighted by molar-refractivity contribution is 5.83. The van der Waals surface area contributed by atoms with E-state index >= 15 is 0 Å².